The highest BCUT2D eigenvalue weighted by Gasteiger charge is 2.66. The molecule has 1 aliphatic carbocycles. The second kappa shape index (κ2) is 7.09. The van der Waals surface area contributed by atoms with Gasteiger partial charge in [-0.3, -0.25) is 14.5 Å². The third kappa shape index (κ3) is 2.97. The number of benzene rings is 1. The number of hydrogen-bond acceptors (Lipinski definition) is 6. The molecular formula is C21H26INO6. The van der Waals surface area contributed by atoms with Crippen LogP contribution in [0.5, 0.6) is 11.5 Å². The van der Waals surface area contributed by atoms with E-state index < -0.39 is 29.6 Å². The van der Waals surface area contributed by atoms with Crippen LogP contribution in [0.15, 0.2) is 12.1 Å². The topological polar surface area (TPSA) is 96.3 Å². The predicted molar refractivity (Wildman–Crippen MR) is 112 cm³/mol. The van der Waals surface area contributed by atoms with Crippen molar-refractivity contribution in [3.63, 3.8) is 0 Å². The van der Waals surface area contributed by atoms with Crippen molar-refractivity contribution in [2.45, 2.75) is 38.6 Å². The highest BCUT2D eigenvalue weighted by molar-refractivity contribution is 14.1. The van der Waals surface area contributed by atoms with E-state index in [2.05, 4.69) is 0 Å². The number of carbonyl (C=O) groups excluding carboxylic acids is 2. The van der Waals surface area contributed by atoms with E-state index in [4.69, 9.17) is 9.47 Å². The number of rotatable bonds is 3. The molecule has 2 N–H and O–H groups in total. The lowest BCUT2D eigenvalue weighted by Gasteiger charge is -2.46. The van der Waals surface area contributed by atoms with Crippen molar-refractivity contribution in [1.82, 2.24) is 4.90 Å². The van der Waals surface area contributed by atoms with E-state index in [1.54, 1.807) is 12.1 Å². The smallest absolute Gasteiger partial charge is 0.233 e. The van der Waals surface area contributed by atoms with Crippen molar-refractivity contribution < 1.29 is 29.3 Å². The van der Waals surface area contributed by atoms with Gasteiger partial charge in [0.15, 0.2) is 17.3 Å². The van der Waals surface area contributed by atoms with Crippen LogP contribution in [0, 0.1) is 33.2 Å². The molecule has 0 aromatic heterocycles. The Morgan fingerprint density at radius 3 is 2.59 bits per heavy atom. The van der Waals surface area contributed by atoms with E-state index in [-0.39, 0.29) is 29.4 Å². The fourth-order valence-corrected chi connectivity index (χ4v) is 6.09. The second-order valence-electron chi connectivity index (χ2n) is 8.71. The summed E-state index contributed by atoms with van der Waals surface area (Å²) in [4.78, 5) is 26.7. The van der Waals surface area contributed by atoms with Crippen molar-refractivity contribution >= 4 is 34.4 Å². The lowest BCUT2D eigenvalue weighted by atomic mass is 9.62. The summed E-state index contributed by atoms with van der Waals surface area (Å²) < 4.78 is 12.2. The summed E-state index contributed by atoms with van der Waals surface area (Å²) in [5, 5.41) is 21.8. The zero-order chi connectivity index (χ0) is 21.2. The van der Waals surface area contributed by atoms with Gasteiger partial charge in [0, 0.05) is 18.9 Å². The summed E-state index contributed by atoms with van der Waals surface area (Å²) in [7, 11) is 3.00. The van der Waals surface area contributed by atoms with Crippen LogP contribution in [0.3, 0.4) is 0 Å². The largest absolute Gasteiger partial charge is 0.504 e. The number of likely N-dealkylation sites (tertiary alicyclic amines) is 1. The number of halogens is 1. The molecule has 2 amide bonds. The highest BCUT2D eigenvalue weighted by atomic mass is 127. The molecule has 0 unspecified atom stereocenters. The van der Waals surface area contributed by atoms with Gasteiger partial charge >= 0.3 is 0 Å². The molecule has 29 heavy (non-hydrogen) atoms. The number of phenols is 1. The first-order chi connectivity index (χ1) is 13.6. The van der Waals surface area contributed by atoms with Gasteiger partial charge < -0.3 is 19.7 Å². The molecule has 2 aliphatic heterocycles. The molecule has 4 rings (SSSR count). The summed E-state index contributed by atoms with van der Waals surface area (Å²) in [6, 6.07) is 3.51. The molecule has 2 heterocycles. The van der Waals surface area contributed by atoms with Gasteiger partial charge in [0.25, 0.3) is 0 Å². The number of nitrogens with zero attached hydrogens (tertiary/aromatic N) is 1. The Balaban J connectivity index is 1.75. The van der Waals surface area contributed by atoms with Gasteiger partial charge in [0.2, 0.25) is 11.8 Å². The molecule has 3 aliphatic rings. The Morgan fingerprint density at radius 1 is 1.28 bits per heavy atom. The van der Waals surface area contributed by atoms with Gasteiger partial charge in [-0.15, -0.1) is 0 Å². The number of imide groups is 1. The Labute approximate surface area is 183 Å². The van der Waals surface area contributed by atoms with Crippen molar-refractivity contribution in [3.8, 4) is 11.5 Å². The molecule has 2 saturated heterocycles. The van der Waals surface area contributed by atoms with Gasteiger partial charge in [-0.1, -0.05) is 13.8 Å². The lowest BCUT2D eigenvalue weighted by Crippen LogP contribution is -2.55. The molecule has 158 valence electrons. The van der Waals surface area contributed by atoms with E-state index >= 15 is 0 Å². The van der Waals surface area contributed by atoms with Crippen molar-refractivity contribution in [2.75, 3.05) is 14.2 Å². The number of hydrogen-bond donors (Lipinski definition) is 2. The Hall–Kier alpha value is -1.39. The van der Waals surface area contributed by atoms with E-state index in [0.717, 1.165) is 5.56 Å². The van der Waals surface area contributed by atoms with Crippen molar-refractivity contribution in [3.05, 3.63) is 21.3 Å². The van der Waals surface area contributed by atoms with Crippen molar-refractivity contribution in [2.24, 2.45) is 29.6 Å². The molecule has 1 saturated carbocycles. The van der Waals surface area contributed by atoms with Gasteiger partial charge in [-0.25, -0.2) is 0 Å². The number of aliphatic hydroxyl groups is 1. The third-order valence-corrected chi connectivity index (χ3v) is 7.77. The third-order valence-electron chi connectivity index (χ3n) is 6.95. The Bertz CT molecular complexity index is 873. The summed E-state index contributed by atoms with van der Waals surface area (Å²) in [6.45, 7) is 4.02. The quantitative estimate of drug-likeness (QED) is 0.475. The predicted octanol–water partition coefficient (Wildman–Crippen LogP) is 2.68. The molecule has 0 spiro atoms. The number of amides is 2. The summed E-state index contributed by atoms with van der Waals surface area (Å²) in [6.07, 6.45) is 0.410. The molecular weight excluding hydrogens is 489 g/mol. The van der Waals surface area contributed by atoms with Crippen LogP contribution in [0.25, 0.3) is 0 Å². The SMILES string of the molecule is COc1cc([C@@H]2C[C@H]3[C@H]4C(=O)N(C)C(=O)[C@H]4C[C@H](C(C)C)[C@@]3(O)O2)cc(I)c1O. The standard InChI is InChI=1S/C21H26INO6/c1-9(2)12-7-11-17(20(26)23(3)19(11)25)13-8-15(29-21(12,13)27)10-5-14(22)18(24)16(6-10)28-4/h5-6,9,11-13,15,17,24,27H,7-8H2,1-4H3/t11-,12+,13-,15-,17-,21+/m0/s1. The zero-order valence-electron chi connectivity index (χ0n) is 16.9. The lowest BCUT2D eigenvalue weighted by molar-refractivity contribution is -0.276. The maximum Gasteiger partial charge on any atom is 0.233 e. The monoisotopic (exact) mass is 515 g/mol. The maximum absolute atomic E-state index is 12.8. The van der Waals surface area contributed by atoms with Crippen LogP contribution >= 0.6 is 22.6 Å². The Kier molecular flexibility index (Phi) is 5.10. The first-order valence-corrected chi connectivity index (χ1v) is 11.0. The van der Waals surface area contributed by atoms with Crippen molar-refractivity contribution in [1.29, 1.82) is 0 Å². The van der Waals surface area contributed by atoms with Crippen LogP contribution in [-0.4, -0.2) is 46.9 Å². The molecule has 6 atom stereocenters. The Morgan fingerprint density at radius 2 is 1.97 bits per heavy atom. The molecule has 1 aromatic rings. The van der Waals surface area contributed by atoms with Gasteiger partial charge in [-0.2, -0.15) is 0 Å². The van der Waals surface area contributed by atoms with Crippen LogP contribution < -0.4 is 4.74 Å². The fraction of sp³-hybridized carbons (Fsp3) is 0.619. The summed E-state index contributed by atoms with van der Waals surface area (Å²) in [5.74, 6) is -3.05. The number of aromatic hydroxyl groups is 1. The van der Waals surface area contributed by atoms with Crippen LogP contribution in [-0.2, 0) is 14.3 Å². The van der Waals surface area contributed by atoms with Gasteiger partial charge in [-0.05, 0) is 59.0 Å². The molecule has 7 nitrogen and oxygen atoms in total. The maximum atomic E-state index is 12.8. The number of fused-ring (bicyclic) bond motifs is 3. The molecule has 0 radical (unpaired) electrons. The molecule has 1 aromatic carbocycles. The highest BCUT2D eigenvalue weighted by Crippen LogP contribution is 2.59. The minimum atomic E-state index is -1.47. The number of carbonyl (C=O) groups is 2. The second-order valence-corrected chi connectivity index (χ2v) is 9.87. The van der Waals surface area contributed by atoms with Gasteiger partial charge in [0.05, 0.1) is 28.6 Å². The number of methoxy groups -OCH3 is 1. The van der Waals surface area contributed by atoms with E-state index in [1.165, 1.54) is 19.1 Å². The zero-order valence-corrected chi connectivity index (χ0v) is 19.0. The normalized spacial score (nSPS) is 36.5. The summed E-state index contributed by atoms with van der Waals surface area (Å²) in [5.41, 5.74) is 0.774. The minimum Gasteiger partial charge on any atom is -0.504 e. The minimum absolute atomic E-state index is 0.0595. The van der Waals surface area contributed by atoms with Crippen LogP contribution in [0.2, 0.25) is 0 Å². The average molecular weight is 515 g/mol. The van der Waals surface area contributed by atoms with Gasteiger partial charge in [0.1, 0.15) is 0 Å². The summed E-state index contributed by atoms with van der Waals surface area (Å²) >= 11 is 2.02. The molecule has 3 fully saturated rings. The van der Waals surface area contributed by atoms with Crippen LogP contribution in [0.1, 0.15) is 38.4 Å². The number of phenolic OH excluding ortho intramolecular Hbond substituents is 1. The molecule has 0 bridgehead atoms. The first kappa shape index (κ1) is 20.9. The van der Waals surface area contributed by atoms with Crippen LogP contribution in [0.4, 0.5) is 0 Å². The average Bonchev–Trinajstić information content (AvgIpc) is 3.13. The van der Waals surface area contributed by atoms with E-state index in [0.29, 0.717) is 22.2 Å². The number of ether oxygens (including phenoxy) is 2. The van der Waals surface area contributed by atoms with E-state index in [1.807, 2.05) is 36.4 Å². The fourth-order valence-electron chi connectivity index (χ4n) is 5.47. The molecule has 8 heteroatoms. The first-order valence-electron chi connectivity index (χ1n) is 9.88. The van der Waals surface area contributed by atoms with E-state index in [9.17, 15) is 19.8 Å².